The average Bonchev–Trinajstić information content (AvgIpc) is 1.56. The highest BCUT2D eigenvalue weighted by Gasteiger charge is 2.27. The van der Waals surface area contributed by atoms with Gasteiger partial charge < -0.3 is 27.7 Å². The summed E-state index contributed by atoms with van der Waals surface area (Å²) in [5.41, 5.74) is 25.9. The minimum Gasteiger partial charge on any atom is -0.335 e. The van der Waals surface area contributed by atoms with Crippen molar-refractivity contribution in [2.75, 3.05) is 11.4 Å². The number of anilines is 2. The zero-order valence-electron chi connectivity index (χ0n) is 52.9. The Morgan fingerprint density at radius 2 is 0.557 bits per heavy atom. The van der Waals surface area contributed by atoms with E-state index in [-0.39, 0.29) is 0 Å². The van der Waals surface area contributed by atoms with E-state index in [1.165, 1.54) is 81.4 Å². The highest BCUT2D eigenvalue weighted by molar-refractivity contribution is 6.26. The lowest BCUT2D eigenvalue weighted by Crippen LogP contribution is -2.19. The molecule has 0 aliphatic carbocycles. The summed E-state index contributed by atoms with van der Waals surface area (Å²) in [5, 5.41) is 12.1. The highest BCUT2D eigenvalue weighted by Crippen LogP contribution is 2.48. The van der Waals surface area contributed by atoms with Crippen molar-refractivity contribution in [3.63, 3.8) is 0 Å². The van der Waals surface area contributed by atoms with Crippen LogP contribution in [-0.2, 0) is 0 Å². The molecule has 1 aliphatic rings. The van der Waals surface area contributed by atoms with Gasteiger partial charge >= 0.3 is 0 Å². The maximum Gasteiger partial charge on any atom is 0.0788 e. The van der Waals surface area contributed by atoms with E-state index < -0.39 is 0 Å². The first-order valence-electron chi connectivity index (χ1n) is 33.4. The van der Waals surface area contributed by atoms with Gasteiger partial charge in [-0.2, -0.15) is 0 Å². The molecule has 0 atom stereocenters. The Labute approximate surface area is 559 Å². The third-order valence-corrected chi connectivity index (χ3v) is 20.4. The third-order valence-electron chi connectivity index (χ3n) is 20.4. The first-order valence-corrected chi connectivity index (χ1v) is 33.4. The topological polar surface area (TPSA) is 27.9 Å². The van der Waals surface area contributed by atoms with Crippen LogP contribution >= 0.6 is 0 Å². The Hall–Kier alpha value is -12.9. The molecular weight excluding hydrogens is 1180 g/mol. The van der Waals surface area contributed by atoms with Gasteiger partial charge in [-0.3, -0.25) is 0 Å². The smallest absolute Gasteiger partial charge is 0.0788 e. The molecule has 20 rings (SSSR count). The molecule has 0 unspecified atom stereocenters. The maximum absolute atomic E-state index is 4.70. The molecule has 6 heteroatoms. The van der Waals surface area contributed by atoms with Crippen LogP contribution in [0.25, 0.3) is 165 Å². The fourth-order valence-corrected chi connectivity index (χ4v) is 16.2. The van der Waals surface area contributed by atoms with E-state index in [0.717, 1.165) is 101 Å². The quantitative estimate of drug-likeness (QED) is 0.149. The molecule has 0 bridgehead atoms. The van der Waals surface area contributed by atoms with Gasteiger partial charge in [0.2, 0.25) is 0 Å². The van der Waals surface area contributed by atoms with Gasteiger partial charge in [-0.05, 0) is 137 Å². The Bertz CT molecular complexity index is 6510. The second kappa shape index (κ2) is 21.6. The first kappa shape index (κ1) is 54.6. The summed E-state index contributed by atoms with van der Waals surface area (Å²) in [6.45, 7) is 5.35. The number of rotatable bonds is 8. The van der Waals surface area contributed by atoms with Crippen LogP contribution in [0.2, 0.25) is 0 Å². The van der Waals surface area contributed by atoms with Gasteiger partial charge in [0.1, 0.15) is 0 Å². The number of fused-ring (bicyclic) bond motifs is 19. The zero-order valence-corrected chi connectivity index (χ0v) is 52.9. The van der Waals surface area contributed by atoms with Gasteiger partial charge in [0.25, 0.3) is 0 Å². The van der Waals surface area contributed by atoms with Crippen LogP contribution < -0.4 is 4.90 Å². The summed E-state index contributed by atoms with van der Waals surface area (Å²) in [4.78, 5) is 2.48. The van der Waals surface area contributed by atoms with Crippen LogP contribution in [0.5, 0.6) is 0 Å². The molecule has 0 radical (unpaired) electrons. The number of hydrogen-bond donors (Lipinski definition) is 0. The van der Waals surface area contributed by atoms with E-state index in [2.05, 4.69) is 367 Å². The number of aromatic nitrogens is 5. The molecule has 1 aliphatic heterocycles. The largest absolute Gasteiger partial charge is 0.335 e. The molecule has 0 amide bonds. The molecule has 5 aromatic heterocycles. The molecule has 0 spiro atoms. The lowest BCUT2D eigenvalue weighted by molar-refractivity contribution is 1.08. The van der Waals surface area contributed by atoms with Crippen molar-refractivity contribution in [3.8, 4) is 50.7 Å². The minimum absolute atomic E-state index is 0.646. The normalized spacial score (nSPS) is 13.5. The Kier molecular flexibility index (Phi) is 12.2. The maximum atomic E-state index is 4.70. The van der Waals surface area contributed by atoms with Gasteiger partial charge in [-0.25, -0.2) is 0 Å². The van der Waals surface area contributed by atoms with Gasteiger partial charge in [0.05, 0.1) is 60.9 Å². The van der Waals surface area contributed by atoms with Crippen molar-refractivity contribution in [3.05, 3.63) is 352 Å². The number of nitrogens with zero attached hydrogens (tertiary/aromatic N) is 6. The lowest BCUT2D eigenvalue weighted by atomic mass is 9.97. The molecule has 0 saturated heterocycles. The number of hydrogen-bond acceptors (Lipinski definition) is 1. The van der Waals surface area contributed by atoms with Crippen molar-refractivity contribution in [1.29, 1.82) is 0 Å². The molecule has 0 fully saturated rings. The van der Waals surface area contributed by atoms with Crippen molar-refractivity contribution >= 4 is 126 Å². The van der Waals surface area contributed by atoms with Crippen molar-refractivity contribution in [2.24, 2.45) is 0 Å². The van der Waals surface area contributed by atoms with Gasteiger partial charge in [0, 0.05) is 100 Å². The standard InChI is InChI=1S/C91H60N6/c1-59-24-6-5-23-55-92(86-70(59)49-50-76-71-31-13-18-36-81(71)93(87(76)86)65-25-7-2-8-26-65)64-45-41-60(42-46-64)62-56-63(58-69(57-62)97-85-40-22-17-35-75(85)80-54-53-79-73-33-15-20-38-83(73)95(90(79)91(80)97)67-29-11-4-12-30-67)61-43-47-68(48-44-61)96-84-39-21-16-34-74(84)78-52-51-77-72-32-14-19-37-82(72)94(88(77)89(78)96)66-27-9-3-10-28-66/h2-54,56-58H,1,55H2/b23-5-,24-6-. The van der Waals surface area contributed by atoms with Crippen molar-refractivity contribution in [1.82, 2.24) is 22.8 Å². The number of benzene rings is 14. The Balaban J connectivity index is 0.810. The molecular formula is C91H60N6. The number of allylic oxidation sites excluding steroid dienone is 4. The van der Waals surface area contributed by atoms with Crippen LogP contribution in [0, 0.1) is 0 Å². The first-order chi connectivity index (χ1) is 48.1. The van der Waals surface area contributed by atoms with Gasteiger partial charge in [-0.15, -0.1) is 0 Å². The van der Waals surface area contributed by atoms with Crippen LogP contribution in [0.3, 0.4) is 0 Å². The van der Waals surface area contributed by atoms with Gasteiger partial charge in [-0.1, -0.05) is 237 Å². The number of para-hydroxylation sites is 8. The van der Waals surface area contributed by atoms with E-state index in [0.29, 0.717) is 6.54 Å². The molecule has 97 heavy (non-hydrogen) atoms. The molecule has 6 heterocycles. The van der Waals surface area contributed by atoms with E-state index in [1.54, 1.807) is 0 Å². The fraction of sp³-hybridized carbons (Fsp3) is 0.0110. The van der Waals surface area contributed by atoms with E-state index >= 15 is 0 Å². The van der Waals surface area contributed by atoms with Crippen LogP contribution in [0.15, 0.2) is 346 Å². The molecule has 6 nitrogen and oxygen atoms in total. The summed E-state index contributed by atoms with van der Waals surface area (Å²) >= 11 is 0. The minimum atomic E-state index is 0.646. The predicted octanol–water partition coefficient (Wildman–Crippen LogP) is 23.8. The molecule has 454 valence electrons. The van der Waals surface area contributed by atoms with Crippen LogP contribution in [0.4, 0.5) is 11.4 Å². The van der Waals surface area contributed by atoms with Gasteiger partial charge in [0.15, 0.2) is 0 Å². The predicted molar refractivity (Wildman–Crippen MR) is 410 cm³/mol. The van der Waals surface area contributed by atoms with E-state index in [9.17, 15) is 0 Å². The van der Waals surface area contributed by atoms with Crippen LogP contribution in [0.1, 0.15) is 5.56 Å². The van der Waals surface area contributed by atoms with Crippen molar-refractivity contribution < 1.29 is 0 Å². The highest BCUT2D eigenvalue weighted by atomic mass is 15.2. The Morgan fingerprint density at radius 1 is 0.237 bits per heavy atom. The average molecular weight is 1240 g/mol. The van der Waals surface area contributed by atoms with E-state index in [1.807, 2.05) is 0 Å². The summed E-state index contributed by atoms with van der Waals surface area (Å²) in [7, 11) is 0. The second-order valence-electron chi connectivity index (χ2n) is 25.6. The molecule has 0 saturated carbocycles. The molecule has 19 aromatic rings. The third kappa shape index (κ3) is 8.27. The second-order valence-corrected chi connectivity index (χ2v) is 25.6. The summed E-state index contributed by atoms with van der Waals surface area (Å²) in [6, 6.07) is 117. The molecule has 0 N–H and O–H groups in total. The van der Waals surface area contributed by atoms with Crippen LogP contribution in [-0.4, -0.2) is 29.4 Å². The monoisotopic (exact) mass is 1240 g/mol. The van der Waals surface area contributed by atoms with Crippen molar-refractivity contribution in [2.45, 2.75) is 0 Å². The SMILES string of the molecule is C=C1/C=C\C=C/CN(c2ccc(-c3cc(-c4ccc(-n5c6ccccc6c6ccc7c8ccccc8n(-c8ccccc8)c7c65)cc4)cc(-n4c5ccccc5c5ccc6c7ccccc7n(-c7ccccc7)c6c54)c3)cc2)c2c1ccc1c3ccccc3n(-c3ccccc3)c21. The molecule has 14 aromatic carbocycles. The zero-order chi connectivity index (χ0) is 63.8. The van der Waals surface area contributed by atoms with E-state index in [4.69, 9.17) is 6.58 Å². The fourth-order valence-electron chi connectivity index (χ4n) is 16.2. The summed E-state index contributed by atoms with van der Waals surface area (Å²) < 4.78 is 12.4. The lowest BCUT2D eigenvalue weighted by Gasteiger charge is -2.28. The summed E-state index contributed by atoms with van der Waals surface area (Å²) in [5.74, 6) is 0. The summed E-state index contributed by atoms with van der Waals surface area (Å²) in [6.07, 6.45) is 8.66. The Morgan fingerprint density at radius 3 is 0.959 bits per heavy atom.